The first-order valence-corrected chi connectivity index (χ1v) is 14.0. The lowest BCUT2D eigenvalue weighted by Gasteiger charge is -2.24. The number of aliphatic carboxylic acids is 1. The molecule has 0 aliphatic carbocycles. The molecule has 12 heteroatoms. The molecule has 3 amide bonds. The van der Waals surface area contributed by atoms with Crippen LogP contribution < -0.4 is 16.0 Å². The molecule has 234 valence electrons. The molecule has 43 heavy (non-hydrogen) atoms. The number of nitrogens with one attached hydrogen (secondary N) is 3. The summed E-state index contributed by atoms with van der Waals surface area (Å²) in [6.07, 6.45) is 1.92. The number of unbranched alkanes of at least 4 members (excludes halogenated alkanes) is 1. The molecular weight excluding hydrogens is 558 g/mol. The highest BCUT2D eigenvalue weighted by Crippen LogP contribution is 2.16. The lowest BCUT2D eigenvalue weighted by Crippen LogP contribution is -2.56. The van der Waals surface area contributed by atoms with Crippen LogP contribution in [0.4, 0.5) is 0 Å². The molecule has 0 fully saturated rings. The van der Waals surface area contributed by atoms with Crippen LogP contribution in [-0.4, -0.2) is 64.0 Å². The molecule has 0 aromatic heterocycles. The van der Waals surface area contributed by atoms with Crippen LogP contribution in [0.1, 0.15) is 81.0 Å². The van der Waals surface area contributed by atoms with E-state index in [4.69, 9.17) is 0 Å². The van der Waals surface area contributed by atoms with Crippen molar-refractivity contribution in [3.05, 3.63) is 65.7 Å². The van der Waals surface area contributed by atoms with E-state index in [1.165, 1.54) is 19.1 Å². The van der Waals surface area contributed by atoms with E-state index in [0.29, 0.717) is 18.4 Å². The summed E-state index contributed by atoms with van der Waals surface area (Å²) in [5.41, 5.74) is 0.422. The Labute approximate surface area is 251 Å². The Bertz CT molecular complexity index is 1250. The highest BCUT2D eigenvalue weighted by molar-refractivity contribution is 5.99. The minimum atomic E-state index is -1.11. The van der Waals surface area contributed by atoms with Gasteiger partial charge >= 0.3 is 17.9 Å². The molecule has 12 nitrogen and oxygen atoms in total. The lowest BCUT2D eigenvalue weighted by atomic mass is 10.0. The molecule has 0 aliphatic heterocycles. The average molecular weight is 600 g/mol. The van der Waals surface area contributed by atoms with Gasteiger partial charge in [-0.3, -0.25) is 19.2 Å². The van der Waals surface area contributed by atoms with Gasteiger partial charge in [0.2, 0.25) is 11.8 Å². The second-order valence-corrected chi connectivity index (χ2v) is 9.97. The van der Waals surface area contributed by atoms with E-state index in [-0.39, 0.29) is 29.6 Å². The van der Waals surface area contributed by atoms with Crippen molar-refractivity contribution in [3.63, 3.8) is 0 Å². The van der Waals surface area contributed by atoms with E-state index in [2.05, 4.69) is 20.7 Å². The summed E-state index contributed by atoms with van der Waals surface area (Å²) in [4.78, 5) is 70.6. The number of amides is 3. The monoisotopic (exact) mass is 599 g/mol. The summed E-state index contributed by atoms with van der Waals surface area (Å²) < 4.78 is 4.43. The number of phenols is 1. The molecule has 2 aromatic rings. The maximum atomic E-state index is 12.6. The fraction of sp³-hybridized carbons (Fsp3) is 0.419. The van der Waals surface area contributed by atoms with Crippen molar-refractivity contribution in [2.75, 3.05) is 0 Å². The molecule has 0 aliphatic rings. The van der Waals surface area contributed by atoms with Crippen LogP contribution in [0.2, 0.25) is 0 Å². The molecule has 2 aromatic carbocycles. The smallest absolute Gasteiger partial charge is 0.349 e. The molecule has 3 atom stereocenters. The first-order valence-electron chi connectivity index (χ1n) is 14.0. The minimum Gasteiger partial charge on any atom is -0.507 e. The number of aromatic hydroxyl groups is 1. The maximum absolute atomic E-state index is 12.6. The van der Waals surface area contributed by atoms with E-state index < -0.39 is 47.8 Å². The number of hydrogen-bond donors (Lipinski definition) is 5. The standard InChI is InChI=1S/C21H31N3O5.C10H10O4/c1-5-6-12-16(21(28)29)23-18(25)14(4)22-20(27)17(13(2)3)24-19(26)15-10-8-7-9-11-15;1-2-9(12)14-10(13)7-5-3-4-6-8(7)11/h7-11,13-14,16-17H,5-6,12H2,1-4H3,(H,22,27)(H,23,25)(H,24,26)(H,28,29);3-6,11H,2H2,1H3/t14-,16-,17-;/m0./s1. The largest absolute Gasteiger partial charge is 0.507 e. The number of hydrogen-bond acceptors (Lipinski definition) is 8. The predicted octanol–water partition coefficient (Wildman–Crippen LogP) is 3.19. The van der Waals surface area contributed by atoms with Crippen molar-refractivity contribution in [1.29, 1.82) is 0 Å². The number of benzene rings is 2. The highest BCUT2D eigenvalue weighted by atomic mass is 16.6. The fourth-order valence-electron chi connectivity index (χ4n) is 3.56. The third-order valence-electron chi connectivity index (χ3n) is 6.10. The molecule has 0 saturated heterocycles. The molecule has 0 bridgehead atoms. The number of rotatable bonds is 13. The quantitative estimate of drug-likeness (QED) is 0.170. The topological polar surface area (TPSA) is 188 Å². The van der Waals surface area contributed by atoms with Gasteiger partial charge in [-0.05, 0) is 43.5 Å². The molecule has 0 radical (unpaired) electrons. The molecule has 5 N–H and O–H groups in total. The summed E-state index contributed by atoms with van der Waals surface area (Å²) >= 11 is 0. The van der Waals surface area contributed by atoms with E-state index in [1.54, 1.807) is 63.2 Å². The van der Waals surface area contributed by atoms with Crippen molar-refractivity contribution in [3.8, 4) is 5.75 Å². The van der Waals surface area contributed by atoms with E-state index in [0.717, 1.165) is 6.42 Å². The Morgan fingerprint density at radius 3 is 1.95 bits per heavy atom. The number of ether oxygens (including phenoxy) is 1. The number of carbonyl (C=O) groups excluding carboxylic acids is 5. The van der Waals surface area contributed by atoms with Crippen LogP contribution in [0.5, 0.6) is 5.75 Å². The van der Waals surface area contributed by atoms with Gasteiger partial charge in [-0.1, -0.05) is 70.9 Å². The lowest BCUT2D eigenvalue weighted by molar-refractivity contribution is -0.142. The molecular formula is C31H41N3O9. The predicted molar refractivity (Wildman–Crippen MR) is 158 cm³/mol. The van der Waals surface area contributed by atoms with Crippen LogP contribution in [0.3, 0.4) is 0 Å². The zero-order valence-electron chi connectivity index (χ0n) is 25.1. The second-order valence-electron chi connectivity index (χ2n) is 9.97. The van der Waals surface area contributed by atoms with Gasteiger partial charge in [0.05, 0.1) is 0 Å². The summed E-state index contributed by atoms with van der Waals surface area (Å²) in [7, 11) is 0. The van der Waals surface area contributed by atoms with Crippen molar-refractivity contribution in [2.45, 2.75) is 78.4 Å². The van der Waals surface area contributed by atoms with Crippen molar-refractivity contribution >= 4 is 35.6 Å². The van der Waals surface area contributed by atoms with E-state index in [9.17, 15) is 39.0 Å². The van der Waals surface area contributed by atoms with E-state index >= 15 is 0 Å². The molecule has 2 rings (SSSR count). The first kappa shape index (κ1) is 36.3. The van der Waals surface area contributed by atoms with Crippen molar-refractivity contribution in [2.24, 2.45) is 5.92 Å². The Hall–Kier alpha value is -4.74. The number of carbonyl (C=O) groups is 6. The Morgan fingerprint density at radius 1 is 0.814 bits per heavy atom. The first-order chi connectivity index (χ1) is 20.3. The molecule has 0 saturated carbocycles. The third-order valence-corrected chi connectivity index (χ3v) is 6.10. The summed E-state index contributed by atoms with van der Waals surface area (Å²) in [5, 5.41) is 26.2. The fourth-order valence-corrected chi connectivity index (χ4v) is 3.56. The minimum absolute atomic E-state index is 0.00528. The Balaban J connectivity index is 0.000000549. The van der Waals surface area contributed by atoms with Gasteiger partial charge in [-0.25, -0.2) is 9.59 Å². The van der Waals surface area contributed by atoms with Gasteiger partial charge in [0.25, 0.3) is 5.91 Å². The number of carboxylic acids is 1. The second kappa shape index (κ2) is 18.6. The summed E-state index contributed by atoms with van der Waals surface area (Å²) in [6.45, 7) is 8.55. The van der Waals surface area contributed by atoms with Crippen molar-refractivity contribution < 1.29 is 43.7 Å². The van der Waals surface area contributed by atoms with Gasteiger partial charge in [0, 0.05) is 12.0 Å². The zero-order valence-corrected chi connectivity index (χ0v) is 25.1. The normalized spacial score (nSPS) is 12.4. The summed E-state index contributed by atoms with van der Waals surface area (Å²) in [5.74, 6) is -4.43. The van der Waals surface area contributed by atoms with Gasteiger partial charge in [0.15, 0.2) is 0 Å². The molecule has 0 heterocycles. The van der Waals surface area contributed by atoms with Gasteiger partial charge in [-0.2, -0.15) is 0 Å². The van der Waals surface area contributed by atoms with Crippen LogP contribution in [0.25, 0.3) is 0 Å². The van der Waals surface area contributed by atoms with Gasteiger partial charge in [-0.15, -0.1) is 0 Å². The Kier molecular flexibility index (Phi) is 15.7. The number of carboxylic acid groups (broad SMARTS) is 1. The van der Waals surface area contributed by atoms with Gasteiger partial charge < -0.3 is 30.9 Å². The third kappa shape index (κ3) is 12.8. The highest BCUT2D eigenvalue weighted by Gasteiger charge is 2.29. The Morgan fingerprint density at radius 2 is 1.42 bits per heavy atom. The maximum Gasteiger partial charge on any atom is 0.349 e. The summed E-state index contributed by atoms with van der Waals surface area (Å²) in [6, 6.07) is 11.6. The van der Waals surface area contributed by atoms with Crippen molar-refractivity contribution in [1.82, 2.24) is 16.0 Å². The van der Waals surface area contributed by atoms with Crippen LogP contribution in [-0.2, 0) is 23.9 Å². The number of phenolic OH excluding ortho intramolecular Hbond substituents is 1. The van der Waals surface area contributed by atoms with E-state index in [1.807, 2.05) is 6.92 Å². The molecule has 0 unspecified atom stereocenters. The number of esters is 2. The SMILES string of the molecule is CCC(=O)OC(=O)c1ccccc1O.CCCC[C@H](NC(=O)[C@H](C)NC(=O)[C@@H](NC(=O)c1ccccc1)C(C)C)C(=O)O. The van der Waals surface area contributed by atoms with Crippen LogP contribution >= 0.6 is 0 Å². The number of para-hydroxylation sites is 1. The van der Waals surface area contributed by atoms with Crippen LogP contribution in [0.15, 0.2) is 54.6 Å². The average Bonchev–Trinajstić information content (AvgIpc) is 2.98. The zero-order chi connectivity index (χ0) is 32.5. The molecule has 0 spiro atoms. The van der Waals surface area contributed by atoms with Gasteiger partial charge in [0.1, 0.15) is 29.4 Å². The van der Waals surface area contributed by atoms with Crippen LogP contribution in [0, 0.1) is 5.92 Å².